The highest BCUT2D eigenvalue weighted by atomic mass is 16.5. The largest absolute Gasteiger partial charge is 0.480 e. The Morgan fingerprint density at radius 3 is 2.10 bits per heavy atom. The van der Waals surface area contributed by atoms with Crippen LogP contribution in [0.5, 0.6) is 5.75 Å². The topological polar surface area (TPSA) is 58.6 Å². The Bertz CT molecular complexity index is 1030. The number of nitrogens with one attached hydrogen (secondary N) is 1. The minimum absolute atomic E-state index is 0.0849. The summed E-state index contributed by atoms with van der Waals surface area (Å²) in [5.74, 6) is 0.395. The van der Waals surface area contributed by atoms with Crippen LogP contribution in [0.4, 0.5) is 11.4 Å². The number of aryl methyl sites for hydroxylation is 2. The Morgan fingerprint density at radius 2 is 1.52 bits per heavy atom. The van der Waals surface area contributed by atoms with Gasteiger partial charge in [0, 0.05) is 23.5 Å². The molecule has 5 heteroatoms. The van der Waals surface area contributed by atoms with Crippen molar-refractivity contribution in [2.24, 2.45) is 0 Å². The van der Waals surface area contributed by atoms with Crippen LogP contribution in [-0.2, 0) is 4.79 Å². The molecule has 0 aliphatic rings. The molecule has 0 saturated carbocycles. The number of ether oxygens (including phenoxy) is 1. The lowest BCUT2D eigenvalue weighted by atomic mass is 10.1. The first kappa shape index (κ1) is 22.1. The van der Waals surface area contributed by atoms with E-state index in [0.29, 0.717) is 17.8 Å². The Kier molecular flexibility index (Phi) is 7.08. The summed E-state index contributed by atoms with van der Waals surface area (Å²) < 4.78 is 5.89. The number of para-hydroxylation sites is 2. The molecule has 3 aromatic carbocycles. The number of nitrogens with zero attached hydrogens (tertiary/aromatic N) is 1. The molecule has 5 nitrogen and oxygen atoms in total. The van der Waals surface area contributed by atoms with Crippen molar-refractivity contribution < 1.29 is 14.3 Å². The minimum atomic E-state index is -0.658. The Balaban J connectivity index is 1.66. The lowest BCUT2D eigenvalue weighted by molar-refractivity contribution is -0.122. The van der Waals surface area contributed by atoms with Crippen LogP contribution in [0.3, 0.4) is 0 Å². The normalized spacial score (nSPS) is 11.5. The van der Waals surface area contributed by atoms with E-state index in [-0.39, 0.29) is 11.8 Å². The van der Waals surface area contributed by atoms with Crippen molar-refractivity contribution in [1.29, 1.82) is 0 Å². The Labute approximate surface area is 183 Å². The molecule has 0 spiro atoms. The molecule has 0 heterocycles. The molecule has 0 fully saturated rings. The van der Waals surface area contributed by atoms with Crippen molar-refractivity contribution in [2.75, 3.05) is 16.8 Å². The predicted octanol–water partition coefficient (Wildman–Crippen LogP) is 5.38. The lowest BCUT2D eigenvalue weighted by Crippen LogP contribution is -2.31. The highest BCUT2D eigenvalue weighted by molar-refractivity contribution is 6.06. The maximum Gasteiger partial charge on any atom is 0.265 e. The summed E-state index contributed by atoms with van der Waals surface area (Å²) in [4.78, 5) is 27.2. The summed E-state index contributed by atoms with van der Waals surface area (Å²) in [6.45, 7) is 8.14. The highest BCUT2D eigenvalue weighted by Gasteiger charge is 2.18. The first-order chi connectivity index (χ1) is 14.9. The van der Waals surface area contributed by atoms with Gasteiger partial charge >= 0.3 is 0 Å². The average Bonchev–Trinajstić information content (AvgIpc) is 2.78. The molecule has 3 aromatic rings. The standard InChI is InChI=1S/C26H28N2O3/c1-5-28(23-12-7-6-8-13-23)26(30)21-14-16-22(17-15-21)27-25(29)20(4)31-24-18(2)10-9-11-19(24)3/h6-17,20H,5H2,1-4H3,(H,27,29). The van der Waals surface area contributed by atoms with Gasteiger partial charge in [-0.2, -0.15) is 0 Å². The number of carbonyl (C=O) groups excluding carboxylic acids is 2. The second-order valence-corrected chi connectivity index (χ2v) is 7.43. The fraction of sp³-hybridized carbons (Fsp3) is 0.231. The van der Waals surface area contributed by atoms with Crippen LogP contribution >= 0.6 is 0 Å². The minimum Gasteiger partial charge on any atom is -0.480 e. The Hall–Kier alpha value is -3.60. The molecule has 2 amide bonds. The first-order valence-electron chi connectivity index (χ1n) is 10.4. The van der Waals surface area contributed by atoms with Gasteiger partial charge in [0.15, 0.2) is 6.10 Å². The smallest absolute Gasteiger partial charge is 0.265 e. The van der Waals surface area contributed by atoms with E-state index < -0.39 is 6.10 Å². The van der Waals surface area contributed by atoms with Crippen LogP contribution < -0.4 is 15.0 Å². The fourth-order valence-electron chi connectivity index (χ4n) is 3.36. The molecule has 0 bridgehead atoms. The van der Waals surface area contributed by atoms with Crippen LogP contribution in [0.15, 0.2) is 72.8 Å². The van der Waals surface area contributed by atoms with Crippen molar-refractivity contribution >= 4 is 23.2 Å². The number of amides is 2. The molecule has 1 N–H and O–H groups in total. The number of hydrogen-bond acceptors (Lipinski definition) is 3. The summed E-state index contributed by atoms with van der Waals surface area (Å²) in [7, 11) is 0. The van der Waals surface area contributed by atoms with Crippen molar-refractivity contribution in [3.63, 3.8) is 0 Å². The summed E-state index contributed by atoms with van der Waals surface area (Å²) in [6.07, 6.45) is -0.658. The van der Waals surface area contributed by atoms with Gasteiger partial charge in [-0.15, -0.1) is 0 Å². The van der Waals surface area contributed by atoms with E-state index in [2.05, 4.69) is 5.32 Å². The number of benzene rings is 3. The lowest BCUT2D eigenvalue weighted by Gasteiger charge is -2.21. The molecule has 31 heavy (non-hydrogen) atoms. The van der Waals surface area contributed by atoms with Crippen molar-refractivity contribution in [2.45, 2.75) is 33.8 Å². The van der Waals surface area contributed by atoms with E-state index in [1.165, 1.54) is 0 Å². The van der Waals surface area contributed by atoms with E-state index in [1.807, 2.05) is 69.3 Å². The molecule has 160 valence electrons. The van der Waals surface area contributed by atoms with Crippen LogP contribution in [-0.4, -0.2) is 24.5 Å². The molecule has 1 atom stereocenters. The molecule has 0 saturated heterocycles. The van der Waals surface area contributed by atoms with Gasteiger partial charge in [-0.1, -0.05) is 36.4 Å². The van der Waals surface area contributed by atoms with Crippen LogP contribution in [0.1, 0.15) is 35.3 Å². The number of rotatable bonds is 7. The molecule has 0 aliphatic heterocycles. The fourth-order valence-corrected chi connectivity index (χ4v) is 3.36. The number of carbonyl (C=O) groups is 2. The molecular weight excluding hydrogens is 388 g/mol. The van der Waals surface area contributed by atoms with Gasteiger partial charge < -0.3 is 15.0 Å². The summed E-state index contributed by atoms with van der Waals surface area (Å²) in [6, 6.07) is 22.3. The third kappa shape index (κ3) is 5.31. The van der Waals surface area contributed by atoms with E-state index in [1.54, 1.807) is 36.1 Å². The second kappa shape index (κ2) is 9.94. The van der Waals surface area contributed by atoms with Crippen molar-refractivity contribution in [3.05, 3.63) is 89.5 Å². The highest BCUT2D eigenvalue weighted by Crippen LogP contribution is 2.24. The monoisotopic (exact) mass is 416 g/mol. The van der Waals surface area contributed by atoms with Gasteiger partial charge in [0.1, 0.15) is 5.75 Å². The quantitative estimate of drug-likeness (QED) is 0.563. The van der Waals surface area contributed by atoms with Gasteiger partial charge in [0.2, 0.25) is 0 Å². The maximum atomic E-state index is 12.9. The number of hydrogen-bond donors (Lipinski definition) is 1. The summed E-state index contributed by atoms with van der Waals surface area (Å²) in [5, 5.41) is 2.85. The zero-order valence-electron chi connectivity index (χ0n) is 18.4. The van der Waals surface area contributed by atoms with Gasteiger partial charge in [0.05, 0.1) is 0 Å². The SMILES string of the molecule is CCN(C(=O)c1ccc(NC(=O)C(C)Oc2c(C)cccc2C)cc1)c1ccccc1. The summed E-state index contributed by atoms with van der Waals surface area (Å²) in [5.41, 5.74) is 4.00. The van der Waals surface area contributed by atoms with Crippen molar-refractivity contribution in [3.8, 4) is 5.75 Å². The predicted molar refractivity (Wildman–Crippen MR) is 125 cm³/mol. The third-order valence-electron chi connectivity index (χ3n) is 5.10. The molecule has 0 aliphatic carbocycles. The van der Waals surface area contributed by atoms with Gasteiger partial charge in [0.25, 0.3) is 11.8 Å². The first-order valence-corrected chi connectivity index (χ1v) is 10.4. The van der Waals surface area contributed by atoms with Gasteiger partial charge in [-0.25, -0.2) is 0 Å². The van der Waals surface area contributed by atoms with E-state index >= 15 is 0 Å². The molecule has 1 unspecified atom stereocenters. The van der Waals surface area contributed by atoms with Crippen LogP contribution in [0.2, 0.25) is 0 Å². The molecule has 0 aromatic heterocycles. The zero-order chi connectivity index (χ0) is 22.4. The Morgan fingerprint density at radius 1 is 0.903 bits per heavy atom. The van der Waals surface area contributed by atoms with Crippen LogP contribution in [0.25, 0.3) is 0 Å². The molecule has 3 rings (SSSR count). The number of anilines is 2. The summed E-state index contributed by atoms with van der Waals surface area (Å²) >= 11 is 0. The third-order valence-corrected chi connectivity index (χ3v) is 5.10. The zero-order valence-corrected chi connectivity index (χ0v) is 18.4. The molecular formula is C26H28N2O3. The molecule has 0 radical (unpaired) electrons. The van der Waals surface area contributed by atoms with Gasteiger partial charge in [-0.05, 0) is 75.2 Å². The van der Waals surface area contributed by atoms with E-state index in [4.69, 9.17) is 4.74 Å². The van der Waals surface area contributed by atoms with E-state index in [9.17, 15) is 9.59 Å². The van der Waals surface area contributed by atoms with Crippen LogP contribution in [0, 0.1) is 13.8 Å². The van der Waals surface area contributed by atoms with Crippen molar-refractivity contribution in [1.82, 2.24) is 0 Å². The van der Waals surface area contributed by atoms with E-state index in [0.717, 1.165) is 22.6 Å². The van der Waals surface area contributed by atoms with Gasteiger partial charge in [-0.3, -0.25) is 9.59 Å². The second-order valence-electron chi connectivity index (χ2n) is 7.43. The maximum absolute atomic E-state index is 12.9. The average molecular weight is 417 g/mol.